The highest BCUT2D eigenvalue weighted by atomic mass is 35.5. The molecule has 2 unspecified atom stereocenters. The van der Waals surface area contributed by atoms with Gasteiger partial charge in [-0.15, -0.1) is 11.3 Å². The van der Waals surface area contributed by atoms with E-state index in [1.54, 1.807) is 17.4 Å². The summed E-state index contributed by atoms with van der Waals surface area (Å²) in [5, 5.41) is 4.88. The van der Waals surface area contributed by atoms with Crippen LogP contribution >= 0.6 is 34.5 Å². The molecule has 0 radical (unpaired) electrons. The summed E-state index contributed by atoms with van der Waals surface area (Å²) in [4.78, 5) is 36.7. The average Bonchev–Trinajstić information content (AvgIpc) is 3.46. The fourth-order valence-electron chi connectivity index (χ4n) is 5.00. The Morgan fingerprint density at radius 2 is 1.86 bits per heavy atom. The van der Waals surface area contributed by atoms with Gasteiger partial charge >= 0.3 is 6.09 Å². The predicted molar refractivity (Wildman–Crippen MR) is 182 cm³/mol. The number of hydrogen-bond acceptors (Lipinski definition) is 7. The van der Waals surface area contributed by atoms with Crippen LogP contribution in [-0.4, -0.2) is 67.6 Å². The molecule has 1 aliphatic carbocycles. The number of carbonyl (C=O) groups is 2. The van der Waals surface area contributed by atoms with E-state index in [0.29, 0.717) is 23.0 Å². The normalized spacial score (nSPS) is 18.3. The molecular formula is C32H48Cl2N4O4SSi. The largest absolute Gasteiger partial charge is 0.444 e. The van der Waals surface area contributed by atoms with Gasteiger partial charge in [-0.2, -0.15) is 0 Å². The minimum absolute atomic E-state index is 0.0291. The number of nitrogens with zero attached hydrogens (tertiary/aromatic N) is 3. The minimum atomic E-state index is -1.86. The molecular weight excluding hydrogens is 635 g/mol. The predicted octanol–water partition coefficient (Wildman–Crippen LogP) is 7.93. The second-order valence-corrected chi connectivity index (χ2v) is 21.2. The van der Waals surface area contributed by atoms with Gasteiger partial charge in [0.25, 0.3) is 0 Å². The standard InChI is InChI=1S/C32H48Cl2N4O4SSi/c1-31(2,3)41-30(40)36-17-22(28(39)38(23-12-13-23)19-21-10-9-11-26(33)27(21)34)16-25-18-35-29(43-25)37-15-14-24(20-37)42-44(7,8)32(4,5)6/h9-11,18,22-24H,12-17,19-20H2,1-8H3,(H,36,40). The summed E-state index contributed by atoms with van der Waals surface area (Å²) in [6, 6.07) is 5.63. The molecule has 2 heterocycles. The van der Waals surface area contributed by atoms with Gasteiger partial charge in [-0.3, -0.25) is 4.79 Å². The molecule has 1 saturated carbocycles. The van der Waals surface area contributed by atoms with Gasteiger partial charge in [0, 0.05) is 43.3 Å². The van der Waals surface area contributed by atoms with E-state index in [0.717, 1.165) is 47.9 Å². The molecule has 244 valence electrons. The van der Waals surface area contributed by atoms with E-state index in [2.05, 4.69) is 44.1 Å². The van der Waals surface area contributed by atoms with Gasteiger partial charge in [0.1, 0.15) is 5.60 Å². The van der Waals surface area contributed by atoms with Crippen molar-refractivity contribution in [2.75, 3.05) is 24.5 Å². The van der Waals surface area contributed by atoms with Crippen LogP contribution in [0, 0.1) is 5.92 Å². The van der Waals surface area contributed by atoms with E-state index in [1.165, 1.54) is 0 Å². The van der Waals surface area contributed by atoms with Gasteiger partial charge in [0.15, 0.2) is 13.4 Å². The van der Waals surface area contributed by atoms with Gasteiger partial charge in [0.2, 0.25) is 5.91 Å². The Balaban J connectivity index is 1.48. The number of amides is 2. The van der Waals surface area contributed by atoms with Crippen LogP contribution in [0.1, 0.15) is 71.2 Å². The van der Waals surface area contributed by atoms with Crippen molar-refractivity contribution in [2.24, 2.45) is 5.92 Å². The Hall–Kier alpha value is -1.85. The van der Waals surface area contributed by atoms with Crippen molar-refractivity contribution < 1.29 is 18.8 Å². The zero-order chi connectivity index (χ0) is 32.4. The molecule has 2 fully saturated rings. The first-order valence-corrected chi connectivity index (χ1v) is 20.0. The van der Waals surface area contributed by atoms with Crippen LogP contribution in [0.15, 0.2) is 24.4 Å². The second-order valence-electron chi connectivity index (χ2n) is 14.5. The molecule has 44 heavy (non-hydrogen) atoms. The SMILES string of the molecule is CC(C)(C)OC(=O)NCC(Cc1cnc(N2CCC(O[Si](C)(C)C(C)(C)C)C2)s1)C(=O)N(Cc1cccc(Cl)c1Cl)C1CC1. The van der Waals surface area contributed by atoms with Crippen molar-refractivity contribution in [3.05, 3.63) is 44.9 Å². The number of anilines is 1. The van der Waals surface area contributed by atoms with Crippen LogP contribution in [0.2, 0.25) is 28.2 Å². The molecule has 2 aromatic rings. The summed E-state index contributed by atoms with van der Waals surface area (Å²) in [7, 11) is -1.86. The number of aromatic nitrogens is 1. The summed E-state index contributed by atoms with van der Waals surface area (Å²) < 4.78 is 12.1. The molecule has 1 aromatic heterocycles. The molecule has 0 spiro atoms. The number of thiazole rings is 1. The third-order valence-electron chi connectivity index (χ3n) is 8.56. The molecule has 1 aromatic carbocycles. The number of halogens is 2. The van der Waals surface area contributed by atoms with Gasteiger partial charge in [-0.1, -0.05) is 56.1 Å². The number of nitrogens with one attached hydrogen (secondary N) is 1. The number of carbonyl (C=O) groups excluding carboxylic acids is 2. The first-order valence-electron chi connectivity index (χ1n) is 15.5. The zero-order valence-electron chi connectivity index (χ0n) is 27.3. The minimum Gasteiger partial charge on any atom is -0.444 e. The Morgan fingerprint density at radius 3 is 2.50 bits per heavy atom. The van der Waals surface area contributed by atoms with Crippen molar-refractivity contribution in [1.82, 2.24) is 15.2 Å². The average molecular weight is 684 g/mol. The lowest BCUT2D eigenvalue weighted by Gasteiger charge is -2.38. The van der Waals surface area contributed by atoms with Crippen LogP contribution in [0.25, 0.3) is 0 Å². The lowest BCUT2D eigenvalue weighted by atomic mass is 10.0. The molecule has 1 aliphatic heterocycles. The summed E-state index contributed by atoms with van der Waals surface area (Å²) in [6.07, 6.45) is 4.83. The molecule has 2 amide bonds. The van der Waals surface area contributed by atoms with Gasteiger partial charge < -0.3 is 24.3 Å². The van der Waals surface area contributed by atoms with E-state index in [4.69, 9.17) is 37.3 Å². The fraction of sp³-hybridized carbons (Fsp3) is 0.656. The summed E-state index contributed by atoms with van der Waals surface area (Å²) in [5.41, 5.74) is 0.170. The number of benzene rings is 1. The monoisotopic (exact) mass is 682 g/mol. The highest BCUT2D eigenvalue weighted by Crippen LogP contribution is 2.39. The maximum Gasteiger partial charge on any atom is 0.407 e. The molecule has 0 bridgehead atoms. The van der Waals surface area contributed by atoms with Crippen LogP contribution in [-0.2, 0) is 26.9 Å². The Bertz CT molecular complexity index is 1320. The third-order valence-corrected chi connectivity index (χ3v) is 15.0. The van der Waals surface area contributed by atoms with Crippen molar-refractivity contribution >= 4 is 60.0 Å². The number of alkyl carbamates (subject to hydrolysis) is 1. The lowest BCUT2D eigenvalue weighted by molar-refractivity contribution is -0.136. The topological polar surface area (TPSA) is 84.0 Å². The molecule has 2 aliphatic rings. The molecule has 12 heteroatoms. The van der Waals surface area contributed by atoms with Crippen LogP contribution in [0.5, 0.6) is 0 Å². The molecule has 1 saturated heterocycles. The van der Waals surface area contributed by atoms with Gasteiger partial charge in [0.05, 0.1) is 22.1 Å². The Kier molecular flexibility index (Phi) is 11.0. The second kappa shape index (κ2) is 13.9. The smallest absolute Gasteiger partial charge is 0.407 e. The number of ether oxygens (including phenoxy) is 1. The first kappa shape index (κ1) is 35.0. The van der Waals surface area contributed by atoms with E-state index >= 15 is 0 Å². The molecule has 8 nitrogen and oxygen atoms in total. The fourth-order valence-corrected chi connectivity index (χ4v) is 7.79. The zero-order valence-corrected chi connectivity index (χ0v) is 30.7. The quantitative estimate of drug-likeness (QED) is 0.242. The van der Waals surface area contributed by atoms with Crippen molar-refractivity contribution in [3.8, 4) is 0 Å². The third kappa shape index (κ3) is 9.34. The van der Waals surface area contributed by atoms with Crippen LogP contribution in [0.4, 0.5) is 9.93 Å². The van der Waals surface area contributed by atoms with Crippen LogP contribution < -0.4 is 10.2 Å². The van der Waals surface area contributed by atoms with Crippen molar-refractivity contribution in [1.29, 1.82) is 0 Å². The summed E-state index contributed by atoms with van der Waals surface area (Å²) in [5.74, 6) is -0.527. The van der Waals surface area contributed by atoms with Crippen LogP contribution in [0.3, 0.4) is 0 Å². The number of hydrogen-bond donors (Lipinski definition) is 1. The maximum atomic E-state index is 14.2. The van der Waals surface area contributed by atoms with E-state index in [-0.39, 0.29) is 29.6 Å². The summed E-state index contributed by atoms with van der Waals surface area (Å²) >= 11 is 14.4. The van der Waals surface area contributed by atoms with E-state index in [1.807, 2.05) is 44.0 Å². The Labute approximate surface area is 277 Å². The molecule has 4 rings (SSSR count). The van der Waals surface area contributed by atoms with E-state index < -0.39 is 25.9 Å². The van der Waals surface area contributed by atoms with E-state index in [9.17, 15) is 9.59 Å². The first-order chi connectivity index (χ1) is 20.4. The van der Waals surface area contributed by atoms with Gasteiger partial charge in [-0.05, 0) is 76.2 Å². The number of rotatable bonds is 11. The molecule has 1 N–H and O–H groups in total. The highest BCUT2D eigenvalue weighted by Gasteiger charge is 2.41. The van der Waals surface area contributed by atoms with Crippen molar-refractivity contribution in [3.63, 3.8) is 0 Å². The lowest BCUT2D eigenvalue weighted by Crippen LogP contribution is -2.44. The van der Waals surface area contributed by atoms with Crippen molar-refractivity contribution in [2.45, 2.75) is 110 Å². The molecule has 2 atom stereocenters. The highest BCUT2D eigenvalue weighted by molar-refractivity contribution is 7.15. The maximum absolute atomic E-state index is 14.2. The Morgan fingerprint density at radius 1 is 1.16 bits per heavy atom. The van der Waals surface area contributed by atoms with Gasteiger partial charge in [-0.25, -0.2) is 9.78 Å². The summed E-state index contributed by atoms with van der Waals surface area (Å²) in [6.45, 7) is 19.1.